The Kier molecular flexibility index (Phi) is 7.64. The molecule has 0 unspecified atom stereocenters. The fourth-order valence-electron chi connectivity index (χ4n) is 1.71. The number of phenolic OH excluding ortho intramolecular Hbond substituents is 2. The molecule has 2 rings (SSSR count). The highest BCUT2D eigenvalue weighted by Crippen LogP contribution is 2.23. The topological polar surface area (TPSA) is 49.7 Å². The Bertz CT molecular complexity index is 567. The van der Waals surface area contributed by atoms with E-state index in [1.165, 1.54) is 0 Å². The number of hydrogen-bond donors (Lipinski definition) is 2. The van der Waals surface area contributed by atoms with E-state index in [1.807, 2.05) is 38.1 Å². The second-order valence-corrected chi connectivity index (χ2v) is 5.50. The summed E-state index contributed by atoms with van der Waals surface area (Å²) in [4.78, 5) is 0. The monoisotopic (exact) mass is 312 g/mol. The molecule has 0 aliphatic rings. The first-order chi connectivity index (χ1) is 10.9. The molecule has 0 fully saturated rings. The first kappa shape index (κ1) is 18.5. The second-order valence-electron chi connectivity index (χ2n) is 5.50. The molecule has 0 radical (unpaired) electrons. The van der Waals surface area contributed by atoms with Crippen molar-refractivity contribution in [2.24, 2.45) is 0 Å². The molecule has 0 saturated carbocycles. The molecular weight excluding hydrogens is 288 g/mol. The summed E-state index contributed by atoms with van der Waals surface area (Å²) in [5, 5.41) is 18.2. The fourth-order valence-corrected chi connectivity index (χ4v) is 1.71. The maximum Gasteiger partial charge on any atom is 0.115 e. The van der Waals surface area contributed by atoms with Crippen LogP contribution in [0.15, 0.2) is 72.8 Å². The summed E-state index contributed by atoms with van der Waals surface area (Å²) < 4.78 is 5.16. The van der Waals surface area contributed by atoms with Crippen LogP contribution < -0.4 is 0 Å². The minimum atomic E-state index is 0.257. The molecule has 2 aromatic carbocycles. The molecule has 2 N–H and O–H groups in total. The molecule has 0 spiro atoms. The first-order valence-electron chi connectivity index (χ1n) is 7.33. The van der Waals surface area contributed by atoms with Crippen molar-refractivity contribution in [3.05, 3.63) is 72.8 Å². The first-order valence-corrected chi connectivity index (χ1v) is 7.33. The summed E-state index contributed by atoms with van der Waals surface area (Å²) in [6.45, 7) is 12.6. The van der Waals surface area contributed by atoms with E-state index < -0.39 is 0 Å². The van der Waals surface area contributed by atoms with Gasteiger partial charge in [-0.15, -0.1) is 0 Å². The number of aromatic hydroxyl groups is 2. The van der Waals surface area contributed by atoms with Crippen molar-refractivity contribution < 1.29 is 14.9 Å². The Hall–Kier alpha value is -2.52. The second kappa shape index (κ2) is 9.49. The average Bonchev–Trinajstić information content (AvgIpc) is 2.49. The molecule has 3 nitrogen and oxygen atoms in total. The van der Waals surface area contributed by atoms with Gasteiger partial charge in [-0.3, -0.25) is 0 Å². The lowest BCUT2D eigenvalue weighted by molar-refractivity contribution is 0.180. The van der Waals surface area contributed by atoms with E-state index in [0.29, 0.717) is 13.2 Å². The number of ether oxygens (including phenoxy) is 1. The lowest BCUT2D eigenvalue weighted by atomic mass is 10.1. The molecule has 0 saturated heterocycles. The zero-order chi connectivity index (χ0) is 17.2. The Balaban J connectivity index is 0.000000257. The van der Waals surface area contributed by atoms with Gasteiger partial charge in [0.25, 0.3) is 0 Å². The molecule has 0 aromatic heterocycles. The SMILES string of the molecule is C=C(C)COCC(=C)C.Oc1ccc(-c2ccc(O)cc2)cc1. The van der Waals surface area contributed by atoms with Crippen molar-refractivity contribution in [1.82, 2.24) is 0 Å². The van der Waals surface area contributed by atoms with Gasteiger partial charge in [0.05, 0.1) is 13.2 Å². The third kappa shape index (κ3) is 7.88. The van der Waals surface area contributed by atoms with E-state index in [0.717, 1.165) is 22.3 Å². The average molecular weight is 312 g/mol. The minimum Gasteiger partial charge on any atom is -0.508 e. The molecule has 23 heavy (non-hydrogen) atoms. The zero-order valence-electron chi connectivity index (χ0n) is 13.7. The maximum absolute atomic E-state index is 9.11. The van der Waals surface area contributed by atoms with Gasteiger partial charge in [0.1, 0.15) is 11.5 Å². The van der Waals surface area contributed by atoms with Crippen molar-refractivity contribution in [3.63, 3.8) is 0 Å². The van der Waals surface area contributed by atoms with Gasteiger partial charge < -0.3 is 14.9 Å². The van der Waals surface area contributed by atoms with E-state index in [4.69, 9.17) is 14.9 Å². The van der Waals surface area contributed by atoms with Crippen LogP contribution >= 0.6 is 0 Å². The Morgan fingerprint density at radius 2 is 1.04 bits per heavy atom. The quantitative estimate of drug-likeness (QED) is 0.770. The van der Waals surface area contributed by atoms with Gasteiger partial charge in [-0.25, -0.2) is 0 Å². The predicted octanol–water partition coefficient (Wildman–Crippen LogP) is 4.92. The summed E-state index contributed by atoms with van der Waals surface area (Å²) in [7, 11) is 0. The largest absolute Gasteiger partial charge is 0.508 e. The fraction of sp³-hybridized carbons (Fsp3) is 0.200. The van der Waals surface area contributed by atoms with Gasteiger partial charge in [0, 0.05) is 0 Å². The normalized spacial score (nSPS) is 9.65. The molecule has 0 atom stereocenters. The smallest absolute Gasteiger partial charge is 0.115 e. The van der Waals surface area contributed by atoms with Crippen molar-refractivity contribution >= 4 is 0 Å². The molecule has 0 amide bonds. The van der Waals surface area contributed by atoms with Gasteiger partial charge in [-0.2, -0.15) is 0 Å². The van der Waals surface area contributed by atoms with Crippen molar-refractivity contribution in [2.75, 3.05) is 13.2 Å². The van der Waals surface area contributed by atoms with Crippen molar-refractivity contribution in [3.8, 4) is 22.6 Å². The van der Waals surface area contributed by atoms with Crippen LogP contribution in [0.3, 0.4) is 0 Å². The third-order valence-corrected chi connectivity index (χ3v) is 2.76. The van der Waals surface area contributed by atoms with Gasteiger partial charge in [0.15, 0.2) is 0 Å². The van der Waals surface area contributed by atoms with E-state index in [9.17, 15) is 0 Å². The van der Waals surface area contributed by atoms with E-state index >= 15 is 0 Å². The van der Waals surface area contributed by atoms with Crippen LogP contribution in [0.25, 0.3) is 11.1 Å². The molecule has 0 aliphatic carbocycles. The Morgan fingerprint density at radius 3 is 1.30 bits per heavy atom. The van der Waals surface area contributed by atoms with E-state index in [-0.39, 0.29) is 11.5 Å². The summed E-state index contributed by atoms with van der Waals surface area (Å²) in [6.07, 6.45) is 0. The standard InChI is InChI=1S/C12H10O2.C8H14O/c13-11-5-1-9(2-6-11)10-3-7-12(14)8-4-10;1-7(2)5-9-6-8(3)4/h1-8,13-14H;1,3,5-6H2,2,4H3. The lowest BCUT2D eigenvalue weighted by Crippen LogP contribution is -1.96. The van der Waals surface area contributed by atoms with Crippen LogP contribution in [0.2, 0.25) is 0 Å². The van der Waals surface area contributed by atoms with Crippen LogP contribution in [-0.2, 0) is 4.74 Å². The van der Waals surface area contributed by atoms with Gasteiger partial charge in [0.2, 0.25) is 0 Å². The summed E-state index contributed by atoms with van der Waals surface area (Å²) in [6, 6.07) is 13.9. The predicted molar refractivity (Wildman–Crippen MR) is 95.7 cm³/mol. The molecule has 2 aromatic rings. The van der Waals surface area contributed by atoms with E-state index in [1.54, 1.807) is 24.3 Å². The van der Waals surface area contributed by atoms with E-state index in [2.05, 4.69) is 13.2 Å². The summed E-state index contributed by atoms with van der Waals surface area (Å²) >= 11 is 0. The van der Waals surface area contributed by atoms with Crippen molar-refractivity contribution in [2.45, 2.75) is 13.8 Å². The highest BCUT2D eigenvalue weighted by atomic mass is 16.5. The lowest BCUT2D eigenvalue weighted by Gasteiger charge is -2.01. The molecule has 3 heteroatoms. The maximum atomic E-state index is 9.11. The summed E-state index contributed by atoms with van der Waals surface area (Å²) in [5.74, 6) is 0.514. The molecule has 0 bridgehead atoms. The van der Waals surface area contributed by atoms with Gasteiger partial charge in [-0.05, 0) is 49.2 Å². The highest BCUT2D eigenvalue weighted by Gasteiger charge is 1.97. The molecule has 0 aliphatic heterocycles. The van der Waals surface area contributed by atoms with Gasteiger partial charge >= 0.3 is 0 Å². The number of phenols is 2. The molecule has 122 valence electrons. The number of hydrogen-bond acceptors (Lipinski definition) is 3. The van der Waals surface area contributed by atoms with Crippen LogP contribution in [0.4, 0.5) is 0 Å². The van der Waals surface area contributed by atoms with Crippen LogP contribution in [0, 0.1) is 0 Å². The Morgan fingerprint density at radius 1 is 0.739 bits per heavy atom. The molecule has 0 heterocycles. The van der Waals surface area contributed by atoms with Crippen LogP contribution in [0.1, 0.15) is 13.8 Å². The van der Waals surface area contributed by atoms with Gasteiger partial charge in [-0.1, -0.05) is 48.6 Å². The third-order valence-electron chi connectivity index (χ3n) is 2.76. The van der Waals surface area contributed by atoms with Crippen LogP contribution in [-0.4, -0.2) is 23.4 Å². The zero-order valence-corrected chi connectivity index (χ0v) is 13.7. The highest BCUT2D eigenvalue weighted by molar-refractivity contribution is 5.64. The minimum absolute atomic E-state index is 0.257. The van der Waals surface area contributed by atoms with Crippen molar-refractivity contribution in [1.29, 1.82) is 0 Å². The molecular formula is C20H24O3. The Labute approximate surface area is 138 Å². The number of benzene rings is 2. The number of rotatable bonds is 5. The summed E-state index contributed by atoms with van der Waals surface area (Å²) in [5.41, 5.74) is 4.14. The van der Waals surface area contributed by atoms with Crippen LogP contribution in [0.5, 0.6) is 11.5 Å².